The first-order valence-corrected chi connectivity index (χ1v) is 9.95. The number of nitrogens with one attached hydrogen (secondary N) is 3. The fraction of sp³-hybridized carbons (Fsp3) is 0.333. The fourth-order valence-electron chi connectivity index (χ4n) is 3.84. The summed E-state index contributed by atoms with van der Waals surface area (Å²) in [7, 11) is 0. The lowest BCUT2D eigenvalue weighted by Gasteiger charge is -2.26. The first-order chi connectivity index (χ1) is 13.6. The SMILES string of the molecule is O=C(Nc1cccc(-c2cccc(Cl)c2)c1)[C@@H]1CCCN1C(=O)C1CCNN1. The molecule has 0 radical (unpaired) electrons. The lowest BCUT2D eigenvalue weighted by Crippen LogP contribution is -2.50. The maximum absolute atomic E-state index is 12.9. The Balaban J connectivity index is 1.47. The summed E-state index contributed by atoms with van der Waals surface area (Å²) >= 11 is 6.09. The minimum Gasteiger partial charge on any atom is -0.329 e. The van der Waals surface area contributed by atoms with Crippen LogP contribution in [0.25, 0.3) is 11.1 Å². The smallest absolute Gasteiger partial charge is 0.247 e. The van der Waals surface area contributed by atoms with Crippen LogP contribution in [-0.2, 0) is 9.59 Å². The summed E-state index contributed by atoms with van der Waals surface area (Å²) in [6.07, 6.45) is 2.27. The molecule has 2 amide bonds. The molecule has 0 aromatic heterocycles. The van der Waals surface area contributed by atoms with Crippen molar-refractivity contribution in [2.75, 3.05) is 18.4 Å². The number of rotatable bonds is 4. The fourth-order valence-corrected chi connectivity index (χ4v) is 4.03. The molecule has 0 saturated carbocycles. The topological polar surface area (TPSA) is 73.5 Å². The van der Waals surface area contributed by atoms with Gasteiger partial charge in [-0.05, 0) is 54.7 Å². The average Bonchev–Trinajstić information content (AvgIpc) is 3.40. The van der Waals surface area contributed by atoms with E-state index in [0.29, 0.717) is 23.7 Å². The van der Waals surface area contributed by atoms with Crippen molar-refractivity contribution >= 4 is 29.1 Å². The highest BCUT2D eigenvalue weighted by Crippen LogP contribution is 2.26. The molecular weight excluding hydrogens is 376 g/mol. The largest absolute Gasteiger partial charge is 0.329 e. The van der Waals surface area contributed by atoms with Crippen LogP contribution in [0.3, 0.4) is 0 Å². The van der Waals surface area contributed by atoms with E-state index in [1.807, 2.05) is 48.5 Å². The maximum Gasteiger partial charge on any atom is 0.247 e. The van der Waals surface area contributed by atoms with Crippen molar-refractivity contribution in [3.05, 3.63) is 53.6 Å². The Morgan fingerprint density at radius 2 is 1.86 bits per heavy atom. The molecular formula is C21H23ClN4O2. The number of nitrogens with zero attached hydrogens (tertiary/aromatic N) is 1. The Morgan fingerprint density at radius 1 is 1.07 bits per heavy atom. The highest BCUT2D eigenvalue weighted by atomic mass is 35.5. The molecule has 28 heavy (non-hydrogen) atoms. The Morgan fingerprint density at radius 3 is 2.61 bits per heavy atom. The van der Waals surface area contributed by atoms with E-state index < -0.39 is 6.04 Å². The van der Waals surface area contributed by atoms with Crippen molar-refractivity contribution in [3.63, 3.8) is 0 Å². The minimum absolute atomic E-state index is 0.00433. The van der Waals surface area contributed by atoms with Gasteiger partial charge in [-0.1, -0.05) is 35.9 Å². The van der Waals surface area contributed by atoms with Crippen molar-refractivity contribution in [3.8, 4) is 11.1 Å². The molecule has 2 aliphatic heterocycles. The van der Waals surface area contributed by atoms with E-state index >= 15 is 0 Å². The molecule has 0 spiro atoms. The molecule has 2 heterocycles. The Hall–Kier alpha value is -2.41. The summed E-state index contributed by atoms with van der Waals surface area (Å²) < 4.78 is 0. The van der Waals surface area contributed by atoms with E-state index in [1.165, 1.54) is 0 Å². The second-order valence-electron chi connectivity index (χ2n) is 7.18. The molecule has 4 rings (SSSR count). The van der Waals surface area contributed by atoms with Crippen LogP contribution in [0.4, 0.5) is 5.69 Å². The first-order valence-electron chi connectivity index (χ1n) is 9.57. The van der Waals surface area contributed by atoms with Crippen LogP contribution in [0.15, 0.2) is 48.5 Å². The van der Waals surface area contributed by atoms with Crippen LogP contribution < -0.4 is 16.2 Å². The van der Waals surface area contributed by atoms with Gasteiger partial charge in [0, 0.05) is 23.8 Å². The van der Waals surface area contributed by atoms with Gasteiger partial charge in [-0.25, -0.2) is 5.43 Å². The number of carbonyl (C=O) groups excluding carboxylic acids is 2. The number of anilines is 1. The zero-order chi connectivity index (χ0) is 19.5. The Kier molecular flexibility index (Phi) is 5.62. The maximum atomic E-state index is 12.9. The third-order valence-electron chi connectivity index (χ3n) is 5.26. The number of likely N-dealkylation sites (tertiary alicyclic amines) is 1. The molecule has 0 bridgehead atoms. The Labute approximate surface area is 169 Å². The molecule has 3 N–H and O–H groups in total. The minimum atomic E-state index is -0.426. The first kappa shape index (κ1) is 18.9. The zero-order valence-corrected chi connectivity index (χ0v) is 16.2. The van der Waals surface area contributed by atoms with Crippen molar-refractivity contribution in [1.29, 1.82) is 0 Å². The van der Waals surface area contributed by atoms with Crippen LogP contribution in [0.1, 0.15) is 19.3 Å². The van der Waals surface area contributed by atoms with Gasteiger partial charge in [-0.15, -0.1) is 0 Å². The standard InChI is InChI=1S/C21H23ClN4O2/c22-16-6-1-4-14(12-16)15-5-2-7-17(13-15)24-20(27)19-8-3-11-26(19)21(28)18-9-10-23-25-18/h1-2,4-7,12-13,18-19,23,25H,3,8-11H2,(H,24,27)/t18?,19-/m0/s1. The van der Waals surface area contributed by atoms with Gasteiger partial charge in [0.25, 0.3) is 0 Å². The van der Waals surface area contributed by atoms with Gasteiger partial charge in [0.1, 0.15) is 12.1 Å². The Bertz CT molecular complexity index is 882. The van der Waals surface area contributed by atoms with Gasteiger partial charge in [-0.2, -0.15) is 0 Å². The molecule has 0 aliphatic carbocycles. The number of carbonyl (C=O) groups is 2. The van der Waals surface area contributed by atoms with E-state index in [-0.39, 0.29) is 17.9 Å². The monoisotopic (exact) mass is 398 g/mol. The third kappa shape index (κ3) is 4.04. The summed E-state index contributed by atoms with van der Waals surface area (Å²) in [5.41, 5.74) is 8.64. The van der Waals surface area contributed by atoms with Gasteiger partial charge in [0.15, 0.2) is 0 Å². The summed E-state index contributed by atoms with van der Waals surface area (Å²) in [6, 6.07) is 14.6. The molecule has 1 unspecified atom stereocenters. The van der Waals surface area contributed by atoms with Gasteiger partial charge >= 0.3 is 0 Å². The summed E-state index contributed by atoms with van der Waals surface area (Å²) in [5, 5.41) is 3.65. The summed E-state index contributed by atoms with van der Waals surface area (Å²) in [4.78, 5) is 27.3. The lowest BCUT2D eigenvalue weighted by molar-refractivity contribution is -0.138. The zero-order valence-electron chi connectivity index (χ0n) is 15.5. The van der Waals surface area contributed by atoms with Crippen molar-refractivity contribution < 1.29 is 9.59 Å². The number of halogens is 1. The predicted octanol–water partition coefficient (Wildman–Crippen LogP) is 2.80. The highest BCUT2D eigenvalue weighted by molar-refractivity contribution is 6.30. The summed E-state index contributed by atoms with van der Waals surface area (Å²) in [5.74, 6) is -0.143. The van der Waals surface area contributed by atoms with Gasteiger partial charge in [-0.3, -0.25) is 15.0 Å². The molecule has 2 fully saturated rings. The van der Waals surface area contributed by atoms with Crippen LogP contribution >= 0.6 is 11.6 Å². The van der Waals surface area contributed by atoms with Crippen LogP contribution in [0.2, 0.25) is 5.02 Å². The molecule has 146 valence electrons. The molecule has 2 aromatic rings. The number of hydrogen-bond acceptors (Lipinski definition) is 4. The molecule has 2 aliphatic rings. The van der Waals surface area contributed by atoms with E-state index in [4.69, 9.17) is 11.6 Å². The third-order valence-corrected chi connectivity index (χ3v) is 5.49. The quantitative estimate of drug-likeness (QED) is 0.740. The van der Waals surface area contributed by atoms with Crippen LogP contribution in [0, 0.1) is 0 Å². The van der Waals surface area contributed by atoms with E-state index in [0.717, 1.165) is 30.5 Å². The van der Waals surface area contributed by atoms with Crippen LogP contribution in [0.5, 0.6) is 0 Å². The number of hydrazine groups is 1. The van der Waals surface area contributed by atoms with Gasteiger partial charge < -0.3 is 10.2 Å². The highest BCUT2D eigenvalue weighted by Gasteiger charge is 2.37. The van der Waals surface area contributed by atoms with Gasteiger partial charge in [0.2, 0.25) is 11.8 Å². The van der Waals surface area contributed by atoms with Crippen molar-refractivity contribution in [2.24, 2.45) is 0 Å². The molecule has 2 aromatic carbocycles. The normalized spacial score (nSPS) is 21.7. The second kappa shape index (κ2) is 8.31. The van der Waals surface area contributed by atoms with E-state index in [1.54, 1.807) is 4.90 Å². The summed E-state index contributed by atoms with van der Waals surface area (Å²) in [6.45, 7) is 1.38. The van der Waals surface area contributed by atoms with E-state index in [9.17, 15) is 9.59 Å². The molecule has 6 nitrogen and oxygen atoms in total. The predicted molar refractivity (Wildman–Crippen MR) is 110 cm³/mol. The average molecular weight is 399 g/mol. The second-order valence-corrected chi connectivity index (χ2v) is 7.62. The van der Waals surface area contributed by atoms with Crippen molar-refractivity contribution in [2.45, 2.75) is 31.3 Å². The number of hydrogen-bond donors (Lipinski definition) is 3. The van der Waals surface area contributed by atoms with Crippen molar-refractivity contribution in [1.82, 2.24) is 15.8 Å². The molecule has 7 heteroatoms. The number of amides is 2. The van der Waals surface area contributed by atoms with Crippen LogP contribution in [-0.4, -0.2) is 41.9 Å². The number of benzene rings is 2. The molecule has 2 atom stereocenters. The van der Waals surface area contributed by atoms with Gasteiger partial charge in [0.05, 0.1) is 0 Å². The van der Waals surface area contributed by atoms with E-state index in [2.05, 4.69) is 16.2 Å². The molecule has 2 saturated heterocycles. The lowest BCUT2D eigenvalue weighted by atomic mass is 10.1.